The SMILES string of the molecule is CSc1cccc(NC(=O)C2C3C=CC4(O3)C2C(=O)N(CCCN2CCC(C)CC2)C4C(=O)NC2CCCCC2)c1. The summed E-state index contributed by atoms with van der Waals surface area (Å²) < 4.78 is 6.52. The molecular weight excluding hydrogens is 536 g/mol. The van der Waals surface area contributed by atoms with Gasteiger partial charge in [0.25, 0.3) is 0 Å². The zero-order chi connectivity index (χ0) is 28.6. The van der Waals surface area contributed by atoms with E-state index in [1.54, 1.807) is 16.7 Å². The van der Waals surface area contributed by atoms with Gasteiger partial charge in [0.1, 0.15) is 11.6 Å². The molecule has 1 saturated carbocycles. The van der Waals surface area contributed by atoms with Gasteiger partial charge in [-0.05, 0) is 82.1 Å². The number of fused-ring (bicyclic) bond motifs is 1. The number of benzene rings is 1. The summed E-state index contributed by atoms with van der Waals surface area (Å²) in [6.07, 6.45) is 13.8. The normalized spacial score (nSPS) is 32.0. The van der Waals surface area contributed by atoms with Crippen LogP contribution in [0, 0.1) is 17.8 Å². The van der Waals surface area contributed by atoms with E-state index in [2.05, 4.69) is 22.5 Å². The van der Waals surface area contributed by atoms with E-state index >= 15 is 0 Å². The summed E-state index contributed by atoms with van der Waals surface area (Å²) >= 11 is 1.61. The van der Waals surface area contributed by atoms with Gasteiger partial charge in [0.05, 0.1) is 17.9 Å². The molecule has 6 rings (SSSR count). The first kappa shape index (κ1) is 28.7. The van der Waals surface area contributed by atoms with Crippen LogP contribution in [0.15, 0.2) is 41.3 Å². The van der Waals surface area contributed by atoms with E-state index in [0.717, 1.165) is 62.6 Å². The zero-order valence-corrected chi connectivity index (χ0v) is 25.2. The fourth-order valence-corrected chi connectivity index (χ4v) is 8.17. The second kappa shape index (κ2) is 12.1. The summed E-state index contributed by atoms with van der Waals surface area (Å²) in [4.78, 5) is 47.2. The van der Waals surface area contributed by atoms with Gasteiger partial charge < -0.3 is 25.2 Å². The lowest BCUT2D eigenvalue weighted by atomic mass is 9.74. The molecule has 0 radical (unpaired) electrons. The van der Waals surface area contributed by atoms with Crippen molar-refractivity contribution in [2.75, 3.05) is 37.8 Å². The molecule has 3 saturated heterocycles. The van der Waals surface area contributed by atoms with Crippen molar-refractivity contribution >= 4 is 35.2 Å². The van der Waals surface area contributed by atoms with Crippen molar-refractivity contribution < 1.29 is 19.1 Å². The molecule has 1 aromatic carbocycles. The highest BCUT2D eigenvalue weighted by Gasteiger charge is 2.72. The number of hydrogen-bond acceptors (Lipinski definition) is 6. The van der Waals surface area contributed by atoms with E-state index < -0.39 is 29.6 Å². The molecule has 8 nitrogen and oxygen atoms in total. The minimum Gasteiger partial charge on any atom is -0.359 e. The van der Waals surface area contributed by atoms with Crippen LogP contribution >= 0.6 is 11.8 Å². The van der Waals surface area contributed by atoms with Crippen molar-refractivity contribution in [3.05, 3.63) is 36.4 Å². The lowest BCUT2D eigenvalue weighted by Gasteiger charge is -2.35. The van der Waals surface area contributed by atoms with Gasteiger partial charge in [-0.1, -0.05) is 44.4 Å². The van der Waals surface area contributed by atoms with Crippen molar-refractivity contribution in [1.82, 2.24) is 15.1 Å². The van der Waals surface area contributed by atoms with Gasteiger partial charge in [-0.2, -0.15) is 0 Å². The molecule has 9 heteroatoms. The van der Waals surface area contributed by atoms with E-state index in [0.29, 0.717) is 12.2 Å². The number of amides is 3. The number of thioether (sulfide) groups is 1. The van der Waals surface area contributed by atoms with Crippen LogP contribution in [0.5, 0.6) is 0 Å². The zero-order valence-electron chi connectivity index (χ0n) is 24.3. The summed E-state index contributed by atoms with van der Waals surface area (Å²) in [6, 6.07) is 7.08. The Morgan fingerprint density at radius 3 is 2.61 bits per heavy atom. The van der Waals surface area contributed by atoms with Crippen LogP contribution in [-0.2, 0) is 19.1 Å². The Balaban J connectivity index is 1.22. The second-order valence-electron chi connectivity index (χ2n) is 12.7. The number of nitrogens with zero attached hydrogens (tertiary/aromatic N) is 2. The maximum atomic E-state index is 14.2. The fourth-order valence-electron chi connectivity index (χ4n) is 7.71. The maximum Gasteiger partial charge on any atom is 0.246 e. The fraction of sp³-hybridized carbons (Fsp3) is 0.656. The number of carbonyl (C=O) groups excluding carboxylic acids is 3. The van der Waals surface area contributed by atoms with Crippen LogP contribution < -0.4 is 10.6 Å². The minimum absolute atomic E-state index is 0.129. The van der Waals surface area contributed by atoms with Gasteiger partial charge in [-0.3, -0.25) is 14.4 Å². The van der Waals surface area contributed by atoms with Gasteiger partial charge in [-0.15, -0.1) is 11.8 Å². The van der Waals surface area contributed by atoms with E-state index in [1.807, 2.05) is 42.7 Å². The first-order chi connectivity index (χ1) is 19.9. The largest absolute Gasteiger partial charge is 0.359 e. The number of anilines is 1. The number of likely N-dealkylation sites (tertiary alicyclic amines) is 2. The summed E-state index contributed by atoms with van der Waals surface area (Å²) in [6.45, 7) is 5.86. The summed E-state index contributed by atoms with van der Waals surface area (Å²) in [5.41, 5.74) is -0.406. The third-order valence-electron chi connectivity index (χ3n) is 9.96. The highest BCUT2D eigenvalue weighted by atomic mass is 32.2. The summed E-state index contributed by atoms with van der Waals surface area (Å²) in [5, 5.41) is 6.33. The molecule has 4 heterocycles. The predicted octanol–water partition coefficient (Wildman–Crippen LogP) is 4.07. The minimum atomic E-state index is -1.11. The van der Waals surface area contributed by atoms with Crippen LogP contribution in [-0.4, -0.2) is 83.7 Å². The van der Waals surface area contributed by atoms with Crippen molar-refractivity contribution in [2.45, 2.75) is 87.0 Å². The van der Waals surface area contributed by atoms with Crippen molar-refractivity contribution in [3.63, 3.8) is 0 Å². The Morgan fingerprint density at radius 2 is 1.85 bits per heavy atom. The monoisotopic (exact) mass is 580 g/mol. The maximum absolute atomic E-state index is 14.2. The molecule has 5 unspecified atom stereocenters. The molecule has 5 aliphatic rings. The standard InChI is InChI=1S/C32H44N4O4S/c1-21-13-18-35(19-14-21)16-7-17-36-28(30(38)33-22-8-4-3-5-9-22)32-15-12-25(40-32)26(27(32)31(36)39)29(37)34-23-10-6-11-24(20-23)41-2/h6,10-12,15,20-22,25-28H,3-5,7-9,13-14,16-19H2,1-2H3,(H,33,38)(H,34,37). The van der Waals surface area contributed by atoms with Gasteiger partial charge >= 0.3 is 0 Å². The quantitative estimate of drug-likeness (QED) is 0.338. The van der Waals surface area contributed by atoms with E-state index in [4.69, 9.17) is 4.74 Å². The number of piperidine rings is 1. The Labute approximate surface area is 248 Å². The van der Waals surface area contributed by atoms with Crippen LogP contribution in [0.2, 0.25) is 0 Å². The predicted molar refractivity (Wildman–Crippen MR) is 161 cm³/mol. The Hall–Kier alpha value is -2.36. The van der Waals surface area contributed by atoms with Crippen molar-refractivity contribution in [1.29, 1.82) is 0 Å². The molecule has 5 atom stereocenters. The molecule has 222 valence electrons. The van der Waals surface area contributed by atoms with E-state index in [9.17, 15) is 14.4 Å². The molecule has 3 amide bonds. The van der Waals surface area contributed by atoms with Crippen LogP contribution in [0.3, 0.4) is 0 Å². The molecule has 0 aromatic heterocycles. The van der Waals surface area contributed by atoms with Gasteiger partial charge in [0.15, 0.2) is 0 Å². The molecule has 1 spiro atoms. The Kier molecular flexibility index (Phi) is 8.48. The lowest BCUT2D eigenvalue weighted by molar-refractivity contribution is -0.141. The third kappa shape index (κ3) is 5.57. The lowest BCUT2D eigenvalue weighted by Crippen LogP contribution is -2.56. The van der Waals surface area contributed by atoms with E-state index in [1.165, 1.54) is 19.3 Å². The average molecular weight is 581 g/mol. The van der Waals surface area contributed by atoms with Gasteiger partial charge in [0.2, 0.25) is 17.7 Å². The summed E-state index contributed by atoms with van der Waals surface area (Å²) in [7, 11) is 0. The molecule has 4 aliphatic heterocycles. The Bertz CT molecular complexity index is 1180. The Morgan fingerprint density at radius 1 is 1.07 bits per heavy atom. The van der Waals surface area contributed by atoms with Crippen LogP contribution in [0.4, 0.5) is 5.69 Å². The number of carbonyl (C=O) groups is 3. The molecule has 1 aromatic rings. The van der Waals surface area contributed by atoms with Crippen LogP contribution in [0.1, 0.15) is 58.3 Å². The number of hydrogen-bond donors (Lipinski definition) is 2. The van der Waals surface area contributed by atoms with E-state index in [-0.39, 0.29) is 23.8 Å². The molecule has 4 fully saturated rings. The average Bonchev–Trinajstić information content (AvgIpc) is 3.62. The number of rotatable bonds is 9. The first-order valence-corrected chi connectivity index (χ1v) is 16.8. The highest BCUT2D eigenvalue weighted by molar-refractivity contribution is 7.98. The second-order valence-corrected chi connectivity index (χ2v) is 13.6. The van der Waals surface area contributed by atoms with Crippen LogP contribution in [0.25, 0.3) is 0 Å². The molecule has 1 aliphatic carbocycles. The van der Waals surface area contributed by atoms with Gasteiger partial charge in [-0.25, -0.2) is 0 Å². The molecule has 41 heavy (non-hydrogen) atoms. The number of nitrogens with one attached hydrogen (secondary N) is 2. The van der Waals surface area contributed by atoms with Crippen molar-refractivity contribution in [3.8, 4) is 0 Å². The molecule has 2 bridgehead atoms. The smallest absolute Gasteiger partial charge is 0.246 e. The molecular formula is C32H44N4O4S. The third-order valence-corrected chi connectivity index (χ3v) is 10.7. The van der Waals surface area contributed by atoms with Crippen molar-refractivity contribution in [2.24, 2.45) is 17.8 Å². The summed E-state index contributed by atoms with van der Waals surface area (Å²) in [5.74, 6) is -1.12. The highest BCUT2D eigenvalue weighted by Crippen LogP contribution is 2.55. The topological polar surface area (TPSA) is 91.0 Å². The van der Waals surface area contributed by atoms with Gasteiger partial charge in [0, 0.05) is 23.2 Å². The first-order valence-electron chi connectivity index (χ1n) is 15.5. The molecule has 2 N–H and O–H groups in total. The number of ether oxygens (including phenoxy) is 1.